The predicted octanol–water partition coefficient (Wildman–Crippen LogP) is 3.56. The smallest absolute Gasteiger partial charge is 0.254 e. The lowest BCUT2D eigenvalue weighted by molar-refractivity contribution is 0.0911. The molecule has 1 amide bonds. The summed E-state index contributed by atoms with van der Waals surface area (Å²) in [5.41, 5.74) is 0.826. The molecule has 116 valence electrons. The second-order valence-electron chi connectivity index (χ2n) is 5.78. The number of amides is 1. The molecule has 0 unspecified atom stereocenters. The zero-order valence-electron chi connectivity index (χ0n) is 12.7. The summed E-state index contributed by atoms with van der Waals surface area (Å²) in [4.78, 5) is 16.7. The fourth-order valence-corrected chi connectivity index (χ4v) is 3.06. The number of nitrogens with one attached hydrogen (secondary N) is 2. The van der Waals surface area contributed by atoms with Crippen molar-refractivity contribution in [3.8, 4) is 0 Å². The molecule has 0 spiro atoms. The molecule has 22 heavy (non-hydrogen) atoms. The van der Waals surface area contributed by atoms with Crippen LogP contribution in [0.2, 0.25) is 0 Å². The van der Waals surface area contributed by atoms with Gasteiger partial charge >= 0.3 is 0 Å². The van der Waals surface area contributed by atoms with Crippen LogP contribution in [0, 0.1) is 18.2 Å². The number of aryl methyl sites for hydroxylation is 1. The van der Waals surface area contributed by atoms with Crippen LogP contribution < -0.4 is 5.32 Å². The predicted molar refractivity (Wildman–Crippen MR) is 86.2 cm³/mol. The highest BCUT2D eigenvalue weighted by molar-refractivity contribution is 7.12. The monoisotopic (exact) mass is 319 g/mol. The molecule has 4 nitrogen and oxygen atoms in total. The summed E-state index contributed by atoms with van der Waals surface area (Å²) in [7, 11) is 0. The van der Waals surface area contributed by atoms with Crippen molar-refractivity contribution in [3.05, 3.63) is 51.7 Å². The zero-order chi connectivity index (χ0) is 16.3. The largest absolute Gasteiger partial charge is 0.347 e. The van der Waals surface area contributed by atoms with Crippen LogP contribution in [0.3, 0.4) is 0 Å². The molecule has 0 bridgehead atoms. The maximum absolute atomic E-state index is 13.6. The first-order chi connectivity index (χ1) is 10.3. The van der Waals surface area contributed by atoms with Gasteiger partial charge in [-0.05, 0) is 43.8 Å². The summed E-state index contributed by atoms with van der Waals surface area (Å²) in [6.07, 6.45) is 2.76. The van der Waals surface area contributed by atoms with E-state index in [0.717, 1.165) is 16.6 Å². The lowest BCUT2D eigenvalue weighted by Gasteiger charge is -2.26. The second kappa shape index (κ2) is 6.36. The Hall–Kier alpha value is -2.08. The van der Waals surface area contributed by atoms with Gasteiger partial charge in [0.2, 0.25) is 0 Å². The molecular formula is C16H18FN3OS. The van der Waals surface area contributed by atoms with E-state index in [0.29, 0.717) is 12.1 Å². The van der Waals surface area contributed by atoms with E-state index in [-0.39, 0.29) is 5.56 Å². The highest BCUT2D eigenvalue weighted by Crippen LogP contribution is 2.21. The Kier molecular flexibility index (Phi) is 4.71. The van der Waals surface area contributed by atoms with Crippen LogP contribution in [0.25, 0.3) is 0 Å². The Bertz CT molecular complexity index is 709. The lowest BCUT2D eigenvalue weighted by Crippen LogP contribution is -2.45. The second-order valence-corrected chi connectivity index (χ2v) is 6.70. The highest BCUT2D eigenvalue weighted by atomic mass is 32.1. The summed E-state index contributed by atoms with van der Waals surface area (Å²) < 4.78 is 13.6. The molecule has 0 aromatic carbocycles. The van der Waals surface area contributed by atoms with E-state index in [4.69, 9.17) is 5.41 Å². The van der Waals surface area contributed by atoms with Gasteiger partial charge < -0.3 is 10.7 Å². The van der Waals surface area contributed by atoms with E-state index in [1.807, 2.05) is 32.2 Å². The third-order valence-electron chi connectivity index (χ3n) is 3.22. The minimum Gasteiger partial charge on any atom is -0.347 e. The van der Waals surface area contributed by atoms with Gasteiger partial charge in [0.05, 0.1) is 22.3 Å². The molecule has 2 rings (SSSR count). The summed E-state index contributed by atoms with van der Waals surface area (Å²) in [5.74, 6) is -1.15. The van der Waals surface area contributed by atoms with Crippen molar-refractivity contribution in [1.29, 1.82) is 5.41 Å². The third-order valence-corrected chi connectivity index (χ3v) is 4.30. The van der Waals surface area contributed by atoms with Crippen LogP contribution in [0.15, 0.2) is 29.9 Å². The number of nitrogens with zero attached hydrogens (tertiary/aromatic N) is 1. The van der Waals surface area contributed by atoms with Gasteiger partial charge in [-0.15, -0.1) is 11.3 Å². The molecule has 2 aromatic rings. The van der Waals surface area contributed by atoms with E-state index in [1.54, 1.807) is 0 Å². The van der Waals surface area contributed by atoms with Gasteiger partial charge in [-0.25, -0.2) is 4.39 Å². The molecule has 6 heteroatoms. The van der Waals surface area contributed by atoms with Gasteiger partial charge in [0, 0.05) is 18.2 Å². The molecule has 0 aliphatic carbocycles. The number of rotatable bonds is 5. The summed E-state index contributed by atoms with van der Waals surface area (Å²) in [5, 5.41) is 12.9. The topological polar surface area (TPSA) is 65.8 Å². The molecule has 0 saturated carbocycles. The maximum atomic E-state index is 13.6. The summed E-state index contributed by atoms with van der Waals surface area (Å²) in [6, 6.07) is 3.31. The Labute approximate surface area is 132 Å². The Balaban J connectivity index is 2.08. The summed E-state index contributed by atoms with van der Waals surface area (Å²) >= 11 is 1.51. The van der Waals surface area contributed by atoms with Gasteiger partial charge in [-0.3, -0.25) is 9.78 Å². The standard InChI is InChI=1S/C16H18FN3OS/c1-10-5-7-22-14(10)13(18)8-16(2,3)20-15(21)11-4-6-19-9-12(11)17/h4-7,9,18H,8H2,1-3H3,(H,20,21). The van der Waals surface area contributed by atoms with Crippen molar-refractivity contribution in [2.24, 2.45) is 0 Å². The molecule has 0 radical (unpaired) electrons. The fraction of sp³-hybridized carbons (Fsp3) is 0.312. The Morgan fingerprint density at radius 1 is 1.45 bits per heavy atom. The minimum absolute atomic E-state index is 0.0399. The van der Waals surface area contributed by atoms with Crippen LogP contribution >= 0.6 is 11.3 Å². The number of halogens is 1. The van der Waals surface area contributed by atoms with Gasteiger partial charge in [-0.1, -0.05) is 0 Å². The molecule has 0 atom stereocenters. The molecule has 0 fully saturated rings. The van der Waals surface area contributed by atoms with Crippen LogP contribution in [0.4, 0.5) is 4.39 Å². The van der Waals surface area contributed by atoms with Gasteiger partial charge in [0.25, 0.3) is 5.91 Å². The molecule has 2 heterocycles. The van der Waals surface area contributed by atoms with E-state index < -0.39 is 17.3 Å². The van der Waals surface area contributed by atoms with Crippen LogP contribution in [-0.2, 0) is 0 Å². The van der Waals surface area contributed by atoms with Gasteiger partial charge in [0.15, 0.2) is 5.82 Å². The van der Waals surface area contributed by atoms with E-state index >= 15 is 0 Å². The SMILES string of the molecule is Cc1ccsc1C(=N)CC(C)(C)NC(=O)c1ccncc1F. The maximum Gasteiger partial charge on any atom is 0.254 e. The molecule has 0 aliphatic rings. The average Bonchev–Trinajstić information content (AvgIpc) is 2.84. The Morgan fingerprint density at radius 2 is 2.18 bits per heavy atom. The summed E-state index contributed by atoms with van der Waals surface area (Å²) in [6.45, 7) is 5.60. The minimum atomic E-state index is -0.653. The van der Waals surface area contributed by atoms with E-state index in [1.165, 1.54) is 23.6 Å². The normalized spacial score (nSPS) is 11.3. The van der Waals surface area contributed by atoms with Crippen LogP contribution in [-0.4, -0.2) is 22.1 Å². The third kappa shape index (κ3) is 3.76. The van der Waals surface area contributed by atoms with Crippen molar-refractivity contribution in [2.75, 3.05) is 0 Å². The van der Waals surface area contributed by atoms with Gasteiger partial charge in [-0.2, -0.15) is 0 Å². The van der Waals surface area contributed by atoms with Crippen molar-refractivity contribution in [3.63, 3.8) is 0 Å². The van der Waals surface area contributed by atoms with Crippen LogP contribution in [0.5, 0.6) is 0 Å². The molecule has 2 N–H and O–H groups in total. The first kappa shape index (κ1) is 16.3. The number of hydrogen-bond donors (Lipinski definition) is 2. The number of hydrogen-bond acceptors (Lipinski definition) is 4. The first-order valence-corrected chi connectivity index (χ1v) is 7.72. The number of aromatic nitrogens is 1. The quantitative estimate of drug-likeness (QED) is 0.828. The molecule has 0 saturated heterocycles. The first-order valence-electron chi connectivity index (χ1n) is 6.84. The number of carbonyl (C=O) groups excluding carboxylic acids is 1. The molecule has 2 aromatic heterocycles. The zero-order valence-corrected chi connectivity index (χ0v) is 13.6. The van der Waals surface area contributed by atoms with Crippen molar-refractivity contribution < 1.29 is 9.18 Å². The Morgan fingerprint density at radius 3 is 2.77 bits per heavy atom. The lowest BCUT2D eigenvalue weighted by atomic mass is 9.95. The van der Waals surface area contributed by atoms with Crippen molar-refractivity contribution in [2.45, 2.75) is 32.7 Å². The highest BCUT2D eigenvalue weighted by Gasteiger charge is 2.25. The molecule has 0 aliphatic heterocycles. The van der Waals surface area contributed by atoms with Crippen LogP contribution in [0.1, 0.15) is 41.1 Å². The molecular weight excluding hydrogens is 301 g/mol. The average molecular weight is 319 g/mol. The number of thiophene rings is 1. The van der Waals surface area contributed by atoms with E-state index in [2.05, 4.69) is 10.3 Å². The van der Waals surface area contributed by atoms with Crippen molar-refractivity contribution in [1.82, 2.24) is 10.3 Å². The van der Waals surface area contributed by atoms with Crippen molar-refractivity contribution >= 4 is 23.0 Å². The fourth-order valence-electron chi connectivity index (χ4n) is 2.18. The van der Waals surface area contributed by atoms with Gasteiger partial charge in [0.1, 0.15) is 0 Å². The van der Waals surface area contributed by atoms with E-state index in [9.17, 15) is 9.18 Å². The number of carbonyl (C=O) groups is 1. The number of pyridine rings is 1.